The van der Waals surface area contributed by atoms with E-state index in [9.17, 15) is 4.79 Å². The zero-order valence-electron chi connectivity index (χ0n) is 17.1. The molecule has 0 amide bonds. The van der Waals surface area contributed by atoms with E-state index in [1.165, 1.54) is 5.56 Å². The summed E-state index contributed by atoms with van der Waals surface area (Å²) in [6, 6.07) is 4.34. The molecule has 1 aromatic carbocycles. The van der Waals surface area contributed by atoms with Gasteiger partial charge in [-0.15, -0.1) is 0 Å². The van der Waals surface area contributed by atoms with Crippen LogP contribution in [-0.4, -0.2) is 50.7 Å². The van der Waals surface area contributed by atoms with Gasteiger partial charge in [-0.05, 0) is 63.2 Å². The SMILES string of the molecule is Cc1cc2c(cc1Nc1ncc3c(n1)n(C1CCN(C)CC1)c(=O)n3C)CCO2. The van der Waals surface area contributed by atoms with E-state index in [4.69, 9.17) is 9.72 Å². The van der Waals surface area contributed by atoms with Gasteiger partial charge in [-0.2, -0.15) is 4.98 Å². The number of rotatable bonds is 3. The highest BCUT2D eigenvalue weighted by molar-refractivity contribution is 5.73. The van der Waals surface area contributed by atoms with E-state index >= 15 is 0 Å². The van der Waals surface area contributed by atoms with E-state index in [2.05, 4.69) is 34.4 Å². The Kier molecular flexibility index (Phi) is 4.31. The zero-order chi connectivity index (χ0) is 20.1. The smallest absolute Gasteiger partial charge is 0.330 e. The molecule has 2 aliphatic rings. The lowest BCUT2D eigenvalue weighted by Gasteiger charge is -2.29. The van der Waals surface area contributed by atoms with Crippen molar-refractivity contribution in [1.29, 1.82) is 0 Å². The van der Waals surface area contributed by atoms with Crippen LogP contribution in [0, 0.1) is 6.92 Å². The van der Waals surface area contributed by atoms with Crippen molar-refractivity contribution in [3.8, 4) is 5.75 Å². The molecule has 4 heterocycles. The van der Waals surface area contributed by atoms with Gasteiger partial charge in [-0.25, -0.2) is 9.78 Å². The van der Waals surface area contributed by atoms with Crippen LogP contribution in [0.3, 0.4) is 0 Å². The predicted octanol–water partition coefficient (Wildman–Crippen LogP) is 2.38. The Morgan fingerprint density at radius 2 is 2.00 bits per heavy atom. The number of anilines is 2. The average molecular weight is 394 g/mol. The van der Waals surface area contributed by atoms with Gasteiger partial charge in [0.15, 0.2) is 5.65 Å². The van der Waals surface area contributed by atoms with Crippen molar-refractivity contribution in [3.63, 3.8) is 0 Å². The molecule has 2 aromatic heterocycles. The number of nitrogens with one attached hydrogen (secondary N) is 1. The maximum atomic E-state index is 12.9. The van der Waals surface area contributed by atoms with Crippen molar-refractivity contribution in [2.45, 2.75) is 32.2 Å². The minimum Gasteiger partial charge on any atom is -0.493 e. The fourth-order valence-corrected chi connectivity index (χ4v) is 4.36. The molecule has 0 saturated carbocycles. The first kappa shape index (κ1) is 18.2. The first-order chi connectivity index (χ1) is 14.0. The number of piperidine rings is 1. The van der Waals surface area contributed by atoms with Crippen LogP contribution in [0.15, 0.2) is 23.1 Å². The molecule has 1 N–H and O–H groups in total. The monoisotopic (exact) mass is 394 g/mol. The minimum atomic E-state index is -0.0214. The van der Waals surface area contributed by atoms with Crippen molar-refractivity contribution in [2.75, 3.05) is 32.1 Å². The maximum Gasteiger partial charge on any atom is 0.330 e. The number of benzene rings is 1. The van der Waals surface area contributed by atoms with Crippen LogP contribution in [0.25, 0.3) is 11.2 Å². The van der Waals surface area contributed by atoms with Gasteiger partial charge in [0, 0.05) is 25.2 Å². The van der Waals surface area contributed by atoms with Crippen LogP contribution < -0.4 is 15.7 Å². The second-order valence-electron chi connectivity index (χ2n) is 8.15. The van der Waals surface area contributed by atoms with Gasteiger partial charge in [0.2, 0.25) is 5.95 Å². The first-order valence-electron chi connectivity index (χ1n) is 10.2. The third-order valence-corrected chi connectivity index (χ3v) is 6.17. The molecule has 1 saturated heterocycles. The van der Waals surface area contributed by atoms with E-state index in [0.717, 1.165) is 61.5 Å². The van der Waals surface area contributed by atoms with Crippen LogP contribution in [0.2, 0.25) is 0 Å². The fraction of sp³-hybridized carbons (Fsp3) is 0.476. The maximum absolute atomic E-state index is 12.9. The van der Waals surface area contributed by atoms with Crippen LogP contribution in [-0.2, 0) is 13.5 Å². The summed E-state index contributed by atoms with van der Waals surface area (Å²) in [4.78, 5) is 24.5. The number of nitrogens with zero attached hydrogens (tertiary/aromatic N) is 5. The van der Waals surface area contributed by atoms with Crippen LogP contribution >= 0.6 is 0 Å². The van der Waals surface area contributed by atoms with Crippen molar-refractivity contribution in [2.24, 2.45) is 7.05 Å². The molecular weight excluding hydrogens is 368 g/mol. The number of likely N-dealkylation sites (tertiary alicyclic amines) is 1. The summed E-state index contributed by atoms with van der Waals surface area (Å²) in [5, 5.41) is 3.35. The largest absolute Gasteiger partial charge is 0.493 e. The van der Waals surface area contributed by atoms with Gasteiger partial charge in [0.1, 0.15) is 11.3 Å². The molecule has 2 aliphatic heterocycles. The van der Waals surface area contributed by atoms with Crippen molar-refractivity contribution in [1.82, 2.24) is 24.0 Å². The Morgan fingerprint density at radius 3 is 2.79 bits per heavy atom. The number of hydrogen-bond donors (Lipinski definition) is 1. The van der Waals surface area contributed by atoms with E-state index in [0.29, 0.717) is 11.6 Å². The van der Waals surface area contributed by atoms with Crippen molar-refractivity contribution >= 4 is 22.8 Å². The number of aromatic nitrogens is 4. The second-order valence-corrected chi connectivity index (χ2v) is 8.15. The second kappa shape index (κ2) is 6.88. The number of hydrogen-bond acceptors (Lipinski definition) is 6. The summed E-state index contributed by atoms with van der Waals surface area (Å²) in [5.41, 5.74) is 4.69. The standard InChI is InChI=1S/C21H26N6O2/c1-13-10-18-14(6-9-29-18)11-16(13)23-20-22-12-17-19(24-20)27(21(28)26(17)3)15-4-7-25(2)8-5-15/h10-12,15H,4-9H2,1-3H3,(H,22,23,24). The molecule has 29 heavy (non-hydrogen) atoms. The molecule has 5 rings (SSSR count). The highest BCUT2D eigenvalue weighted by Crippen LogP contribution is 2.32. The predicted molar refractivity (Wildman–Crippen MR) is 112 cm³/mol. The quantitative estimate of drug-likeness (QED) is 0.735. The molecule has 152 valence electrons. The van der Waals surface area contributed by atoms with Crippen LogP contribution in [0.1, 0.15) is 30.0 Å². The summed E-state index contributed by atoms with van der Waals surface area (Å²) >= 11 is 0. The lowest BCUT2D eigenvalue weighted by molar-refractivity contribution is 0.220. The Labute approximate surface area is 169 Å². The topological polar surface area (TPSA) is 77.2 Å². The molecule has 0 aliphatic carbocycles. The summed E-state index contributed by atoms with van der Waals surface area (Å²) in [6.45, 7) is 4.74. The first-order valence-corrected chi connectivity index (χ1v) is 10.2. The third-order valence-electron chi connectivity index (χ3n) is 6.17. The molecule has 8 nitrogen and oxygen atoms in total. The number of ether oxygens (including phenoxy) is 1. The van der Waals surface area contributed by atoms with Crippen LogP contribution in [0.4, 0.5) is 11.6 Å². The lowest BCUT2D eigenvalue weighted by atomic mass is 10.1. The number of imidazole rings is 1. The molecule has 0 radical (unpaired) electrons. The highest BCUT2D eigenvalue weighted by atomic mass is 16.5. The molecule has 0 spiro atoms. The third kappa shape index (κ3) is 3.07. The fourth-order valence-electron chi connectivity index (χ4n) is 4.36. The Balaban J connectivity index is 1.53. The minimum absolute atomic E-state index is 0.0214. The Hall–Kier alpha value is -2.87. The number of fused-ring (bicyclic) bond motifs is 2. The summed E-state index contributed by atoms with van der Waals surface area (Å²) in [5.74, 6) is 1.47. The van der Waals surface area contributed by atoms with Gasteiger partial charge < -0.3 is 15.0 Å². The molecule has 0 unspecified atom stereocenters. The average Bonchev–Trinajstić information content (AvgIpc) is 3.25. The number of aryl methyl sites for hydroxylation is 2. The van der Waals surface area contributed by atoms with Crippen molar-refractivity contribution in [3.05, 3.63) is 39.9 Å². The zero-order valence-corrected chi connectivity index (χ0v) is 17.1. The Bertz CT molecular complexity index is 1140. The molecule has 0 bridgehead atoms. The molecule has 8 heteroatoms. The summed E-state index contributed by atoms with van der Waals surface area (Å²) < 4.78 is 9.15. The van der Waals surface area contributed by atoms with Gasteiger partial charge in [0.25, 0.3) is 0 Å². The normalized spacial score (nSPS) is 17.5. The van der Waals surface area contributed by atoms with Gasteiger partial charge in [-0.1, -0.05) is 0 Å². The van der Waals surface area contributed by atoms with Gasteiger partial charge in [0.05, 0.1) is 12.8 Å². The summed E-state index contributed by atoms with van der Waals surface area (Å²) in [6.07, 6.45) is 4.56. The van der Waals surface area contributed by atoms with E-state index in [1.807, 2.05) is 11.5 Å². The molecular formula is C21H26N6O2. The van der Waals surface area contributed by atoms with Gasteiger partial charge >= 0.3 is 5.69 Å². The Morgan fingerprint density at radius 1 is 1.21 bits per heavy atom. The lowest BCUT2D eigenvalue weighted by Crippen LogP contribution is -2.35. The molecule has 3 aromatic rings. The molecule has 1 fully saturated rings. The molecule has 0 atom stereocenters. The van der Waals surface area contributed by atoms with Crippen molar-refractivity contribution < 1.29 is 4.74 Å². The van der Waals surface area contributed by atoms with E-state index in [1.54, 1.807) is 17.8 Å². The van der Waals surface area contributed by atoms with E-state index < -0.39 is 0 Å². The highest BCUT2D eigenvalue weighted by Gasteiger charge is 2.24. The van der Waals surface area contributed by atoms with E-state index in [-0.39, 0.29) is 11.7 Å². The van der Waals surface area contributed by atoms with Gasteiger partial charge in [-0.3, -0.25) is 9.13 Å². The summed E-state index contributed by atoms with van der Waals surface area (Å²) in [7, 11) is 3.91. The van der Waals surface area contributed by atoms with Crippen LogP contribution in [0.5, 0.6) is 5.75 Å².